The number of benzene rings is 1. The minimum Gasteiger partial charge on any atom is -0.398 e. The molecule has 1 heterocycles. The Hall–Kier alpha value is -1.81. The largest absolute Gasteiger partial charge is 0.398 e. The fourth-order valence-corrected chi connectivity index (χ4v) is 2.92. The molecule has 4 heteroatoms. The highest BCUT2D eigenvalue weighted by molar-refractivity contribution is 7.08. The molecule has 3 rings (SSSR count). The highest BCUT2D eigenvalue weighted by atomic mass is 32.1. The Kier molecular flexibility index (Phi) is 3.74. The van der Waals surface area contributed by atoms with E-state index in [-0.39, 0.29) is 11.8 Å². The number of amides is 1. The van der Waals surface area contributed by atoms with Crippen LogP contribution in [-0.4, -0.2) is 12.5 Å². The minimum atomic E-state index is 0.202. The molecular weight excluding hydrogens is 268 g/mol. The van der Waals surface area contributed by atoms with Crippen molar-refractivity contribution >= 4 is 22.9 Å². The Bertz CT molecular complexity index is 603. The standard InChI is InChI=1S/C16H18N2OS/c17-15-9-11(5-7-18-16(19)12-2-3-12)1-4-14(15)13-6-8-20-10-13/h1,4,6,8-10,12H,2-3,5,7,17H2,(H,18,19). The Labute approximate surface area is 122 Å². The van der Waals surface area contributed by atoms with E-state index in [1.807, 2.05) is 6.07 Å². The van der Waals surface area contributed by atoms with E-state index in [2.05, 4.69) is 34.3 Å². The van der Waals surface area contributed by atoms with Gasteiger partial charge in [-0.05, 0) is 53.3 Å². The number of nitrogens with two attached hydrogens (primary N) is 1. The third kappa shape index (κ3) is 3.02. The Morgan fingerprint density at radius 1 is 1.35 bits per heavy atom. The summed E-state index contributed by atoms with van der Waals surface area (Å²) in [4.78, 5) is 11.5. The number of rotatable bonds is 5. The van der Waals surface area contributed by atoms with Crippen molar-refractivity contribution in [2.45, 2.75) is 19.3 Å². The first-order chi connectivity index (χ1) is 9.74. The van der Waals surface area contributed by atoms with Crippen LogP contribution in [0.3, 0.4) is 0 Å². The zero-order valence-electron chi connectivity index (χ0n) is 11.3. The summed E-state index contributed by atoms with van der Waals surface area (Å²) in [6.45, 7) is 0.687. The highest BCUT2D eigenvalue weighted by Crippen LogP contribution is 2.29. The van der Waals surface area contributed by atoms with Crippen LogP contribution in [0.4, 0.5) is 5.69 Å². The van der Waals surface area contributed by atoms with Crippen molar-refractivity contribution in [1.29, 1.82) is 0 Å². The van der Waals surface area contributed by atoms with Crippen LogP contribution in [0.5, 0.6) is 0 Å². The first-order valence-corrected chi connectivity index (χ1v) is 7.87. The summed E-state index contributed by atoms with van der Waals surface area (Å²) in [5.41, 5.74) is 10.3. The lowest BCUT2D eigenvalue weighted by Crippen LogP contribution is -2.26. The summed E-state index contributed by atoms with van der Waals surface area (Å²) >= 11 is 1.67. The molecule has 0 spiro atoms. The minimum absolute atomic E-state index is 0.202. The van der Waals surface area contributed by atoms with Crippen LogP contribution in [0, 0.1) is 5.92 Å². The number of hydrogen-bond donors (Lipinski definition) is 2. The first kappa shape index (κ1) is 13.2. The monoisotopic (exact) mass is 286 g/mol. The number of hydrogen-bond acceptors (Lipinski definition) is 3. The van der Waals surface area contributed by atoms with Gasteiger partial charge in [0, 0.05) is 23.7 Å². The maximum absolute atomic E-state index is 11.5. The molecule has 1 aliphatic carbocycles. The fourth-order valence-electron chi connectivity index (χ4n) is 2.27. The van der Waals surface area contributed by atoms with Crippen molar-refractivity contribution in [3.8, 4) is 11.1 Å². The molecule has 0 radical (unpaired) electrons. The third-order valence-corrected chi connectivity index (χ3v) is 4.29. The quantitative estimate of drug-likeness (QED) is 0.830. The molecule has 1 fully saturated rings. The zero-order chi connectivity index (χ0) is 13.9. The summed E-state index contributed by atoms with van der Waals surface area (Å²) in [5, 5.41) is 7.13. The Balaban J connectivity index is 1.60. The SMILES string of the molecule is Nc1cc(CCNC(=O)C2CC2)ccc1-c1ccsc1. The summed E-state index contributed by atoms with van der Waals surface area (Å²) < 4.78 is 0. The zero-order valence-corrected chi connectivity index (χ0v) is 12.1. The number of anilines is 1. The van der Waals surface area contributed by atoms with Gasteiger partial charge in [-0.25, -0.2) is 0 Å². The normalized spacial score (nSPS) is 14.2. The molecule has 20 heavy (non-hydrogen) atoms. The van der Waals surface area contributed by atoms with Gasteiger partial charge >= 0.3 is 0 Å². The molecule has 1 saturated carbocycles. The van der Waals surface area contributed by atoms with Gasteiger partial charge in [-0.1, -0.05) is 12.1 Å². The fraction of sp³-hybridized carbons (Fsp3) is 0.312. The maximum atomic E-state index is 11.5. The molecule has 3 N–H and O–H groups in total. The molecule has 3 nitrogen and oxygen atoms in total. The average molecular weight is 286 g/mol. The van der Waals surface area contributed by atoms with E-state index in [1.165, 1.54) is 5.56 Å². The molecule has 1 amide bonds. The lowest BCUT2D eigenvalue weighted by atomic mass is 10.0. The van der Waals surface area contributed by atoms with Crippen LogP contribution in [-0.2, 0) is 11.2 Å². The average Bonchev–Trinajstić information content (AvgIpc) is 3.15. The lowest BCUT2D eigenvalue weighted by molar-refractivity contribution is -0.122. The third-order valence-electron chi connectivity index (χ3n) is 3.61. The Morgan fingerprint density at radius 3 is 2.85 bits per heavy atom. The van der Waals surface area contributed by atoms with E-state index in [9.17, 15) is 4.79 Å². The number of thiophene rings is 1. The maximum Gasteiger partial charge on any atom is 0.223 e. The second-order valence-corrected chi connectivity index (χ2v) is 6.03. The van der Waals surface area contributed by atoms with Crippen LogP contribution in [0.1, 0.15) is 18.4 Å². The second-order valence-electron chi connectivity index (χ2n) is 5.25. The first-order valence-electron chi connectivity index (χ1n) is 6.93. The van der Waals surface area contributed by atoms with E-state index in [4.69, 9.17) is 5.73 Å². The predicted molar refractivity (Wildman–Crippen MR) is 83.6 cm³/mol. The molecule has 2 aromatic rings. The van der Waals surface area contributed by atoms with E-state index >= 15 is 0 Å². The van der Waals surface area contributed by atoms with E-state index in [0.717, 1.165) is 36.1 Å². The van der Waals surface area contributed by atoms with Crippen molar-refractivity contribution in [3.63, 3.8) is 0 Å². The summed E-state index contributed by atoms with van der Waals surface area (Å²) in [6.07, 6.45) is 2.93. The Morgan fingerprint density at radius 2 is 2.20 bits per heavy atom. The molecule has 1 aliphatic rings. The molecule has 0 saturated heterocycles. The van der Waals surface area contributed by atoms with Crippen LogP contribution >= 0.6 is 11.3 Å². The lowest BCUT2D eigenvalue weighted by Gasteiger charge is -2.08. The van der Waals surface area contributed by atoms with Gasteiger partial charge in [-0.3, -0.25) is 4.79 Å². The van der Waals surface area contributed by atoms with Crippen molar-refractivity contribution < 1.29 is 4.79 Å². The van der Waals surface area contributed by atoms with E-state index in [0.29, 0.717) is 6.54 Å². The van der Waals surface area contributed by atoms with Gasteiger partial charge in [-0.15, -0.1) is 0 Å². The van der Waals surface area contributed by atoms with Gasteiger partial charge in [0.2, 0.25) is 5.91 Å². The molecule has 0 aliphatic heterocycles. The van der Waals surface area contributed by atoms with Crippen molar-refractivity contribution in [1.82, 2.24) is 5.32 Å². The molecule has 0 atom stereocenters. The van der Waals surface area contributed by atoms with Crippen LogP contribution in [0.15, 0.2) is 35.0 Å². The molecule has 1 aromatic carbocycles. The topological polar surface area (TPSA) is 55.1 Å². The predicted octanol–water partition coefficient (Wildman–Crippen LogP) is 3.07. The molecule has 104 valence electrons. The number of carbonyl (C=O) groups excluding carboxylic acids is 1. The number of carbonyl (C=O) groups is 1. The molecule has 0 bridgehead atoms. The van der Waals surface area contributed by atoms with E-state index in [1.54, 1.807) is 11.3 Å². The van der Waals surface area contributed by atoms with Crippen molar-refractivity contribution in [2.24, 2.45) is 5.92 Å². The van der Waals surface area contributed by atoms with Gasteiger partial charge in [-0.2, -0.15) is 11.3 Å². The summed E-state index contributed by atoms with van der Waals surface area (Å²) in [7, 11) is 0. The summed E-state index contributed by atoms with van der Waals surface area (Å²) in [5.74, 6) is 0.480. The highest BCUT2D eigenvalue weighted by Gasteiger charge is 2.28. The van der Waals surface area contributed by atoms with Crippen LogP contribution in [0.2, 0.25) is 0 Å². The van der Waals surface area contributed by atoms with E-state index < -0.39 is 0 Å². The van der Waals surface area contributed by atoms with Gasteiger partial charge < -0.3 is 11.1 Å². The van der Waals surface area contributed by atoms with Crippen LogP contribution < -0.4 is 11.1 Å². The molecule has 0 unspecified atom stereocenters. The number of nitrogens with one attached hydrogen (secondary N) is 1. The number of nitrogen functional groups attached to an aromatic ring is 1. The molecule has 1 aromatic heterocycles. The van der Waals surface area contributed by atoms with Crippen LogP contribution in [0.25, 0.3) is 11.1 Å². The van der Waals surface area contributed by atoms with Gasteiger partial charge in [0.25, 0.3) is 0 Å². The molecular formula is C16H18N2OS. The smallest absolute Gasteiger partial charge is 0.223 e. The van der Waals surface area contributed by atoms with Crippen molar-refractivity contribution in [3.05, 3.63) is 40.6 Å². The van der Waals surface area contributed by atoms with Crippen molar-refractivity contribution in [2.75, 3.05) is 12.3 Å². The van der Waals surface area contributed by atoms with Gasteiger partial charge in [0.1, 0.15) is 0 Å². The summed E-state index contributed by atoms with van der Waals surface area (Å²) in [6, 6.07) is 8.24. The van der Waals surface area contributed by atoms with Gasteiger partial charge in [0.05, 0.1) is 0 Å². The second kappa shape index (κ2) is 5.67. The van der Waals surface area contributed by atoms with Gasteiger partial charge in [0.15, 0.2) is 0 Å².